The van der Waals surface area contributed by atoms with Crippen molar-refractivity contribution in [1.82, 2.24) is 4.98 Å². The summed E-state index contributed by atoms with van der Waals surface area (Å²) < 4.78 is 14.0. The lowest BCUT2D eigenvalue weighted by Gasteiger charge is -2.13. The Hall–Kier alpha value is -1.64. The van der Waals surface area contributed by atoms with E-state index < -0.39 is 0 Å². The zero-order valence-corrected chi connectivity index (χ0v) is 11.3. The van der Waals surface area contributed by atoms with Crippen LogP contribution >= 0.6 is 0 Å². The predicted molar refractivity (Wildman–Crippen MR) is 74.7 cm³/mol. The minimum Gasteiger partial charge on any atom is -0.385 e. The van der Waals surface area contributed by atoms with E-state index in [4.69, 9.17) is 0 Å². The van der Waals surface area contributed by atoms with Crippen LogP contribution in [0.2, 0.25) is 0 Å². The summed E-state index contributed by atoms with van der Waals surface area (Å²) in [5.74, 6) is 0.0409. The van der Waals surface area contributed by atoms with Crippen LogP contribution < -0.4 is 5.32 Å². The van der Waals surface area contributed by atoms with E-state index in [0.29, 0.717) is 5.52 Å². The van der Waals surface area contributed by atoms with Crippen molar-refractivity contribution in [1.29, 1.82) is 0 Å². The first-order valence-electron chi connectivity index (χ1n) is 6.37. The van der Waals surface area contributed by atoms with Gasteiger partial charge in [0, 0.05) is 23.3 Å². The molecule has 0 unspecified atom stereocenters. The molecule has 1 aromatic carbocycles. The van der Waals surface area contributed by atoms with Gasteiger partial charge in [0.2, 0.25) is 0 Å². The largest absolute Gasteiger partial charge is 0.385 e. The summed E-state index contributed by atoms with van der Waals surface area (Å²) in [5.41, 5.74) is 3.26. The summed E-state index contributed by atoms with van der Waals surface area (Å²) in [5, 5.41) is 4.15. The molecule has 2 nitrogen and oxygen atoms in total. The average Bonchev–Trinajstić information content (AvgIpc) is 2.29. The minimum absolute atomic E-state index is 0.244. The number of aryl methyl sites for hydroxylation is 1. The van der Waals surface area contributed by atoms with E-state index in [9.17, 15) is 4.39 Å². The smallest absolute Gasteiger partial charge is 0.149 e. The van der Waals surface area contributed by atoms with Crippen LogP contribution in [-0.2, 0) is 0 Å². The maximum absolute atomic E-state index is 14.0. The number of anilines is 1. The van der Waals surface area contributed by atoms with Gasteiger partial charge in [-0.1, -0.05) is 13.8 Å². The Labute approximate surface area is 107 Å². The number of halogens is 1. The van der Waals surface area contributed by atoms with E-state index in [-0.39, 0.29) is 11.7 Å². The average molecular weight is 246 g/mol. The van der Waals surface area contributed by atoms with Crippen LogP contribution in [0.3, 0.4) is 0 Å². The lowest BCUT2D eigenvalue weighted by Crippen LogP contribution is -2.03. The first-order chi connectivity index (χ1) is 8.52. The summed E-state index contributed by atoms with van der Waals surface area (Å²) in [7, 11) is 0. The van der Waals surface area contributed by atoms with Gasteiger partial charge in [-0.3, -0.25) is 0 Å². The second-order valence-electron chi connectivity index (χ2n) is 4.92. The van der Waals surface area contributed by atoms with E-state index in [1.165, 1.54) is 6.07 Å². The van der Waals surface area contributed by atoms with Crippen molar-refractivity contribution in [2.24, 2.45) is 0 Å². The molecule has 0 atom stereocenters. The monoisotopic (exact) mass is 246 g/mol. The van der Waals surface area contributed by atoms with Crippen LogP contribution in [-0.4, -0.2) is 11.5 Å². The SMILES string of the molecule is CCNc1cc(C(C)C)nc2c(F)cc(C)cc12. The van der Waals surface area contributed by atoms with E-state index in [0.717, 1.165) is 28.9 Å². The molecule has 0 aliphatic heterocycles. The number of fused-ring (bicyclic) bond motifs is 1. The van der Waals surface area contributed by atoms with Crippen molar-refractivity contribution in [3.63, 3.8) is 0 Å². The Kier molecular flexibility index (Phi) is 3.50. The third-order valence-electron chi connectivity index (χ3n) is 2.99. The molecule has 0 amide bonds. The van der Waals surface area contributed by atoms with Gasteiger partial charge in [-0.15, -0.1) is 0 Å². The van der Waals surface area contributed by atoms with Gasteiger partial charge in [-0.25, -0.2) is 9.37 Å². The molecule has 1 heterocycles. The van der Waals surface area contributed by atoms with Crippen LogP contribution in [0.5, 0.6) is 0 Å². The molecule has 96 valence electrons. The summed E-state index contributed by atoms with van der Waals surface area (Å²) in [6, 6.07) is 5.54. The number of benzene rings is 1. The molecule has 0 fully saturated rings. The van der Waals surface area contributed by atoms with Crippen molar-refractivity contribution in [3.8, 4) is 0 Å². The lowest BCUT2D eigenvalue weighted by molar-refractivity contribution is 0.634. The molecule has 1 N–H and O–H groups in total. The molecule has 0 radical (unpaired) electrons. The van der Waals surface area contributed by atoms with E-state index in [1.54, 1.807) is 0 Å². The highest BCUT2D eigenvalue weighted by Crippen LogP contribution is 2.28. The van der Waals surface area contributed by atoms with Gasteiger partial charge in [0.15, 0.2) is 0 Å². The third-order valence-corrected chi connectivity index (χ3v) is 2.99. The van der Waals surface area contributed by atoms with Crippen LogP contribution in [0, 0.1) is 12.7 Å². The summed E-state index contributed by atoms with van der Waals surface area (Å²) in [4.78, 5) is 4.44. The van der Waals surface area contributed by atoms with Crippen molar-refractivity contribution in [2.45, 2.75) is 33.6 Å². The number of nitrogens with one attached hydrogen (secondary N) is 1. The first-order valence-corrected chi connectivity index (χ1v) is 6.37. The second kappa shape index (κ2) is 4.92. The van der Waals surface area contributed by atoms with Crippen molar-refractivity contribution < 1.29 is 4.39 Å². The lowest BCUT2D eigenvalue weighted by atomic mass is 10.0. The van der Waals surface area contributed by atoms with E-state index in [2.05, 4.69) is 24.1 Å². The molecule has 0 spiro atoms. The van der Waals surface area contributed by atoms with Gasteiger partial charge in [0.05, 0.1) is 0 Å². The van der Waals surface area contributed by atoms with Crippen molar-refractivity contribution in [3.05, 3.63) is 35.3 Å². The molecule has 0 saturated heterocycles. The minimum atomic E-state index is -0.244. The fourth-order valence-corrected chi connectivity index (χ4v) is 2.07. The molecular weight excluding hydrogens is 227 g/mol. The summed E-state index contributed by atoms with van der Waals surface area (Å²) >= 11 is 0. The Morgan fingerprint density at radius 3 is 2.61 bits per heavy atom. The van der Waals surface area contributed by atoms with Gasteiger partial charge in [-0.05, 0) is 43.5 Å². The fraction of sp³-hybridized carbons (Fsp3) is 0.400. The summed E-state index contributed by atoms with van der Waals surface area (Å²) in [6.07, 6.45) is 0. The normalized spacial score (nSPS) is 11.2. The topological polar surface area (TPSA) is 24.9 Å². The maximum Gasteiger partial charge on any atom is 0.149 e. The molecule has 3 heteroatoms. The standard InChI is InChI=1S/C15H19FN2/c1-5-17-14-8-13(9(2)3)18-15-11(14)6-10(4)7-12(15)16/h6-9H,5H2,1-4H3,(H,17,18). The van der Waals surface area contributed by atoms with Gasteiger partial charge in [0.25, 0.3) is 0 Å². The van der Waals surface area contributed by atoms with Crippen LogP contribution in [0.1, 0.15) is 37.9 Å². The number of hydrogen-bond acceptors (Lipinski definition) is 2. The van der Waals surface area contributed by atoms with Crippen LogP contribution in [0.4, 0.5) is 10.1 Å². The zero-order valence-electron chi connectivity index (χ0n) is 11.3. The molecule has 0 aliphatic carbocycles. The highest BCUT2D eigenvalue weighted by Gasteiger charge is 2.11. The number of rotatable bonds is 3. The zero-order chi connectivity index (χ0) is 13.3. The Balaban J connectivity index is 2.76. The number of hydrogen-bond donors (Lipinski definition) is 1. The van der Waals surface area contributed by atoms with Gasteiger partial charge in [-0.2, -0.15) is 0 Å². The highest BCUT2D eigenvalue weighted by molar-refractivity contribution is 5.92. The summed E-state index contributed by atoms with van der Waals surface area (Å²) in [6.45, 7) is 8.88. The molecule has 2 aromatic rings. The van der Waals surface area contributed by atoms with Crippen LogP contribution in [0.15, 0.2) is 18.2 Å². The van der Waals surface area contributed by atoms with Gasteiger partial charge in [0.1, 0.15) is 11.3 Å². The molecule has 0 saturated carbocycles. The highest BCUT2D eigenvalue weighted by atomic mass is 19.1. The second-order valence-corrected chi connectivity index (χ2v) is 4.92. The number of nitrogens with zero attached hydrogens (tertiary/aromatic N) is 1. The van der Waals surface area contributed by atoms with E-state index >= 15 is 0 Å². The Morgan fingerprint density at radius 1 is 1.28 bits per heavy atom. The molecule has 0 bridgehead atoms. The van der Waals surface area contributed by atoms with Crippen molar-refractivity contribution in [2.75, 3.05) is 11.9 Å². The predicted octanol–water partition coefficient (Wildman–Crippen LogP) is 4.24. The third kappa shape index (κ3) is 2.30. The number of aromatic nitrogens is 1. The van der Waals surface area contributed by atoms with Gasteiger partial charge < -0.3 is 5.32 Å². The quantitative estimate of drug-likeness (QED) is 0.876. The Bertz CT molecular complexity index is 576. The first kappa shape index (κ1) is 12.8. The maximum atomic E-state index is 14.0. The molecule has 18 heavy (non-hydrogen) atoms. The number of pyridine rings is 1. The van der Waals surface area contributed by atoms with Crippen molar-refractivity contribution >= 4 is 16.6 Å². The van der Waals surface area contributed by atoms with Gasteiger partial charge >= 0.3 is 0 Å². The molecule has 1 aromatic heterocycles. The van der Waals surface area contributed by atoms with Crippen LogP contribution in [0.25, 0.3) is 10.9 Å². The Morgan fingerprint density at radius 2 is 2.00 bits per heavy atom. The fourth-order valence-electron chi connectivity index (χ4n) is 2.07. The van der Waals surface area contributed by atoms with E-state index in [1.807, 2.05) is 26.0 Å². The molecule has 0 aliphatic rings. The molecule has 2 rings (SSSR count). The molecular formula is C15H19FN2.